The first-order chi connectivity index (χ1) is 22.6. The molecule has 0 radical (unpaired) electrons. The molecule has 49 heavy (non-hydrogen) atoms. The van der Waals surface area contributed by atoms with Gasteiger partial charge in [-0.25, -0.2) is 30.7 Å². The molecule has 4 aliphatic rings. The predicted molar refractivity (Wildman–Crippen MR) is 186 cm³/mol. The molecule has 5 rings (SSSR count). The van der Waals surface area contributed by atoms with E-state index in [4.69, 9.17) is 17.9 Å². The number of halogens is 2. The van der Waals surface area contributed by atoms with Crippen molar-refractivity contribution in [1.82, 2.24) is 10.0 Å². The maximum atomic E-state index is 15.4. The second kappa shape index (κ2) is 15.9. The molecular formula is C39H50F2LiN2O4S-. The van der Waals surface area contributed by atoms with Gasteiger partial charge in [0, 0.05) is 35.6 Å². The third-order valence-corrected chi connectivity index (χ3v) is 12.2. The molecule has 1 heterocycles. The van der Waals surface area contributed by atoms with Crippen LogP contribution >= 0.6 is 0 Å². The topological polar surface area (TPSA) is 84.5 Å². The second-order valence-corrected chi connectivity index (χ2v) is 16.8. The average Bonchev–Trinajstić information content (AvgIpc) is 3.60. The summed E-state index contributed by atoms with van der Waals surface area (Å²) >= 11 is 0. The standard InChI is InChI=1S/C39H50F2N2O4S.Li/c1-25(2)48(46)43-36(45)37(5,6)26(3)21-32(31-14-9-15-33(40)35(31)29-12-8-13-29)27(4)47-30-18-17-28(22-30)11-7-16-34(44)39(41)23-38(42-24-39)19-10-20-38;/h3-4,7,9,11,14-15,21,25,28-30,42H,8,10,12-13,16-20,22-24H2,1-2,5-6H3,(H,43,45);/q-2;+1/b11-7+,32-21+;/t28-,30-,39+,48?;/m1./s1. The van der Waals surface area contributed by atoms with Gasteiger partial charge in [0.15, 0.2) is 11.5 Å². The molecule has 3 saturated carbocycles. The average molecular weight is 688 g/mol. The molecule has 6 nitrogen and oxygen atoms in total. The molecular weight excluding hydrogens is 637 g/mol. The Balaban J connectivity index is 0.00000541. The number of Topliss-reactive ketones (excluding diaryl/α,β-unsaturated/α-hetero) is 1. The fourth-order valence-corrected chi connectivity index (χ4v) is 7.83. The Kier molecular flexibility index (Phi) is 12.8. The van der Waals surface area contributed by atoms with Crippen LogP contribution in [0.2, 0.25) is 0 Å². The van der Waals surface area contributed by atoms with Gasteiger partial charge >= 0.3 is 18.9 Å². The molecule has 0 bridgehead atoms. The molecule has 1 aliphatic heterocycles. The number of ether oxygens (including phenoxy) is 1. The van der Waals surface area contributed by atoms with Crippen molar-refractivity contribution in [2.75, 3.05) is 6.54 Å². The number of allylic oxidation sites excluding steroid dienone is 4. The number of rotatable bonds is 14. The third kappa shape index (κ3) is 8.77. The number of benzene rings is 1. The number of nitrogens with one attached hydrogen (secondary N) is 2. The summed E-state index contributed by atoms with van der Waals surface area (Å²) < 4.78 is 52.0. The van der Waals surface area contributed by atoms with E-state index in [-0.39, 0.29) is 89.9 Å². The van der Waals surface area contributed by atoms with Gasteiger partial charge in [-0.3, -0.25) is 27.0 Å². The zero-order valence-electron chi connectivity index (χ0n) is 29.7. The van der Waals surface area contributed by atoms with Gasteiger partial charge < -0.3 is 10.1 Å². The van der Waals surface area contributed by atoms with Gasteiger partial charge in [0.2, 0.25) is 5.91 Å². The van der Waals surface area contributed by atoms with E-state index in [0.717, 1.165) is 44.9 Å². The molecule has 262 valence electrons. The minimum Gasteiger partial charge on any atom is -0.530 e. The Morgan fingerprint density at radius 1 is 1.16 bits per heavy atom. The van der Waals surface area contributed by atoms with Crippen molar-refractivity contribution in [2.24, 2.45) is 11.3 Å². The van der Waals surface area contributed by atoms with Crippen LogP contribution in [0.1, 0.15) is 115 Å². The maximum Gasteiger partial charge on any atom is 1.00 e. The van der Waals surface area contributed by atoms with Gasteiger partial charge in [0.05, 0.1) is 6.10 Å². The first-order valence-electron chi connectivity index (χ1n) is 17.4. The number of amides is 1. The molecule has 2 N–H and O–H groups in total. The minimum atomic E-state index is -1.80. The molecule has 1 spiro atoms. The summed E-state index contributed by atoms with van der Waals surface area (Å²) in [6.45, 7) is 20.1. The van der Waals surface area contributed by atoms with Crippen molar-refractivity contribution < 1.29 is 46.2 Å². The van der Waals surface area contributed by atoms with Gasteiger partial charge in [0.1, 0.15) is 16.8 Å². The van der Waals surface area contributed by atoms with E-state index < -0.39 is 28.0 Å². The number of ketones is 1. The van der Waals surface area contributed by atoms with Crippen molar-refractivity contribution in [3.05, 3.63) is 77.9 Å². The summed E-state index contributed by atoms with van der Waals surface area (Å²) in [6.07, 6.45) is 13.3. The first-order valence-corrected chi connectivity index (χ1v) is 18.6. The third-order valence-electron chi connectivity index (χ3n) is 10.9. The maximum absolute atomic E-state index is 15.4. The Bertz CT molecular complexity index is 1530. The molecule has 1 aromatic carbocycles. The van der Waals surface area contributed by atoms with Crippen LogP contribution in [0.4, 0.5) is 8.78 Å². The SMILES string of the molecule is [CH-]=C(O[C@@H]1CC[C@@H](/C=C/CC(=O)[C@@]2(F)CNC3(CCC3)C2)C1)/C(=C\C(=[CH-])C(C)(C)C(=O)NS(=O)C(C)C)c1cccc(F)c1C1CCC1.[Li+]. The fourth-order valence-electron chi connectivity index (χ4n) is 7.16. The van der Waals surface area contributed by atoms with Crippen LogP contribution < -0.4 is 28.9 Å². The van der Waals surface area contributed by atoms with E-state index in [9.17, 15) is 13.8 Å². The summed E-state index contributed by atoms with van der Waals surface area (Å²) in [5, 5.41) is 2.98. The molecule has 1 amide bonds. The summed E-state index contributed by atoms with van der Waals surface area (Å²) in [4.78, 5) is 26.0. The first kappa shape index (κ1) is 39.5. The summed E-state index contributed by atoms with van der Waals surface area (Å²) in [5.74, 6) is -0.949. The van der Waals surface area contributed by atoms with Crippen molar-refractivity contribution in [3.63, 3.8) is 0 Å². The Morgan fingerprint density at radius 2 is 1.88 bits per heavy atom. The molecule has 1 unspecified atom stereocenters. The van der Waals surface area contributed by atoms with E-state index in [1.807, 2.05) is 6.08 Å². The van der Waals surface area contributed by atoms with E-state index >= 15 is 8.78 Å². The smallest absolute Gasteiger partial charge is 0.530 e. The van der Waals surface area contributed by atoms with Crippen LogP contribution in [0, 0.1) is 30.3 Å². The fraction of sp³-hybridized carbons (Fsp3) is 0.590. The molecule has 10 heteroatoms. The van der Waals surface area contributed by atoms with Gasteiger partial charge in [-0.1, -0.05) is 36.5 Å². The van der Waals surface area contributed by atoms with Crippen molar-refractivity contribution in [2.45, 2.75) is 127 Å². The van der Waals surface area contributed by atoms with Gasteiger partial charge in [-0.15, -0.1) is 5.56 Å². The van der Waals surface area contributed by atoms with E-state index in [2.05, 4.69) is 10.0 Å². The van der Waals surface area contributed by atoms with Crippen LogP contribution in [-0.2, 0) is 25.3 Å². The molecule has 0 aromatic heterocycles. The minimum absolute atomic E-state index is 0. The summed E-state index contributed by atoms with van der Waals surface area (Å²) in [5.41, 5.74) is -1.56. The van der Waals surface area contributed by atoms with Crippen molar-refractivity contribution in [1.29, 1.82) is 0 Å². The normalized spacial score (nSPS) is 25.8. The molecule has 1 aromatic rings. The van der Waals surface area contributed by atoms with Crippen LogP contribution in [0.15, 0.2) is 47.8 Å². The quantitative estimate of drug-likeness (QED) is 0.0975. The van der Waals surface area contributed by atoms with E-state index in [1.165, 1.54) is 6.07 Å². The Morgan fingerprint density at radius 3 is 2.47 bits per heavy atom. The van der Waals surface area contributed by atoms with Crippen molar-refractivity contribution in [3.8, 4) is 0 Å². The monoisotopic (exact) mass is 687 g/mol. The number of hydrogen-bond donors (Lipinski definition) is 2. The molecule has 1 saturated heterocycles. The summed E-state index contributed by atoms with van der Waals surface area (Å²) in [7, 11) is -1.58. The van der Waals surface area contributed by atoms with Crippen LogP contribution in [-0.4, -0.2) is 45.0 Å². The van der Waals surface area contributed by atoms with Crippen LogP contribution in [0.25, 0.3) is 5.57 Å². The van der Waals surface area contributed by atoms with Gasteiger partial charge in [-0.2, -0.15) is 0 Å². The van der Waals surface area contributed by atoms with Gasteiger partial charge in [0.25, 0.3) is 0 Å². The predicted octanol–water partition coefficient (Wildman–Crippen LogP) is 4.70. The molecule has 4 atom stereocenters. The van der Waals surface area contributed by atoms with E-state index in [0.29, 0.717) is 29.5 Å². The number of alkyl halides is 1. The summed E-state index contributed by atoms with van der Waals surface area (Å²) in [6, 6.07) is 4.87. The molecule has 3 aliphatic carbocycles. The molecule has 4 fully saturated rings. The van der Waals surface area contributed by atoms with Crippen LogP contribution in [0.3, 0.4) is 0 Å². The Hall–Kier alpha value is -2.31. The number of hydrogen-bond acceptors (Lipinski definition) is 5. The zero-order chi connectivity index (χ0) is 34.9. The van der Waals surface area contributed by atoms with Gasteiger partial charge in [-0.05, 0) is 103 Å². The zero-order valence-corrected chi connectivity index (χ0v) is 30.5. The second-order valence-electron chi connectivity index (χ2n) is 15.1. The number of carbonyl (C=O) groups is 2. The van der Waals surface area contributed by atoms with E-state index in [1.54, 1.807) is 52.0 Å². The Labute approximate surface area is 305 Å². The number of carbonyl (C=O) groups excluding carboxylic acids is 2. The van der Waals surface area contributed by atoms with Crippen molar-refractivity contribution >= 4 is 28.2 Å². The van der Waals surface area contributed by atoms with Crippen LogP contribution in [0.5, 0.6) is 0 Å². The largest absolute Gasteiger partial charge is 1.00 e.